The first-order valence-electron chi connectivity index (χ1n) is 36.3. The second-order valence-corrected chi connectivity index (χ2v) is 24.9. The van der Waals surface area contributed by atoms with Crippen molar-refractivity contribution in [2.24, 2.45) is 0 Å². The van der Waals surface area contributed by atoms with Crippen molar-refractivity contribution in [3.63, 3.8) is 0 Å². The van der Waals surface area contributed by atoms with Crippen molar-refractivity contribution in [1.29, 1.82) is 0 Å². The number of carbonyl (C=O) groups is 2. The quantitative estimate of drug-likeness (QED) is 0.0320. The second-order valence-electron chi connectivity index (χ2n) is 24.9. The molecule has 0 aliphatic carbocycles. The Bertz CT molecular complexity index is 1300. The number of nitrogens with one attached hydrogen (secondary N) is 1. The fourth-order valence-electron chi connectivity index (χ4n) is 11.4. The molecular formula is C74H141NO5. The summed E-state index contributed by atoms with van der Waals surface area (Å²) in [4.78, 5) is 24.6. The molecule has 1 amide bonds. The van der Waals surface area contributed by atoms with Gasteiger partial charge < -0.3 is 20.3 Å². The maximum absolute atomic E-state index is 12.5. The van der Waals surface area contributed by atoms with Gasteiger partial charge in [-0.2, -0.15) is 0 Å². The number of unbranched alkanes of at least 4 members (excludes halogenated alkanes) is 53. The van der Waals surface area contributed by atoms with Gasteiger partial charge in [-0.05, 0) is 64.2 Å². The van der Waals surface area contributed by atoms with Crippen molar-refractivity contribution >= 4 is 11.9 Å². The van der Waals surface area contributed by atoms with Crippen molar-refractivity contribution < 1.29 is 24.5 Å². The molecule has 0 saturated heterocycles. The molecule has 0 aromatic rings. The summed E-state index contributed by atoms with van der Waals surface area (Å²) < 4.78 is 5.49. The van der Waals surface area contributed by atoms with Gasteiger partial charge in [0.05, 0.1) is 25.4 Å². The molecule has 0 radical (unpaired) electrons. The number of allylic oxidation sites excluding steroid dienone is 5. The van der Waals surface area contributed by atoms with Crippen LogP contribution in [0.1, 0.15) is 399 Å². The summed E-state index contributed by atoms with van der Waals surface area (Å²) in [5.41, 5.74) is 0. The van der Waals surface area contributed by atoms with E-state index in [9.17, 15) is 19.8 Å². The van der Waals surface area contributed by atoms with Crippen LogP contribution in [-0.2, 0) is 14.3 Å². The van der Waals surface area contributed by atoms with E-state index in [2.05, 4.69) is 43.5 Å². The molecule has 472 valence electrons. The maximum Gasteiger partial charge on any atom is 0.305 e. The number of ether oxygens (including phenoxy) is 1. The minimum atomic E-state index is -0.844. The summed E-state index contributed by atoms with van der Waals surface area (Å²) >= 11 is 0. The molecule has 6 nitrogen and oxygen atoms in total. The summed E-state index contributed by atoms with van der Waals surface area (Å²) in [5.74, 6) is -0.0581. The molecule has 0 spiro atoms. The summed E-state index contributed by atoms with van der Waals surface area (Å²) in [6.45, 7) is 4.92. The first-order valence-corrected chi connectivity index (χ1v) is 36.3. The summed E-state index contributed by atoms with van der Waals surface area (Å²) in [6, 6.07) is -0.627. The molecule has 0 aliphatic heterocycles. The molecule has 0 fully saturated rings. The Morgan fingerprint density at radius 2 is 0.625 bits per heavy atom. The molecular weight excluding hydrogens is 983 g/mol. The van der Waals surface area contributed by atoms with Gasteiger partial charge in [0.1, 0.15) is 0 Å². The van der Waals surface area contributed by atoms with Crippen molar-refractivity contribution in [2.45, 2.75) is 411 Å². The highest BCUT2D eigenvalue weighted by Crippen LogP contribution is 2.19. The van der Waals surface area contributed by atoms with Crippen LogP contribution >= 0.6 is 0 Å². The first-order chi connectivity index (χ1) is 39.5. The summed E-state index contributed by atoms with van der Waals surface area (Å²) in [5, 5.41) is 23.3. The van der Waals surface area contributed by atoms with Gasteiger partial charge in [-0.3, -0.25) is 9.59 Å². The molecule has 80 heavy (non-hydrogen) atoms. The Hall–Kier alpha value is -1.92. The highest BCUT2D eigenvalue weighted by molar-refractivity contribution is 5.76. The fraction of sp³-hybridized carbons (Fsp3) is 0.892. The number of hydrogen-bond acceptors (Lipinski definition) is 5. The largest absolute Gasteiger partial charge is 0.466 e. The molecule has 0 heterocycles. The molecule has 2 atom stereocenters. The van der Waals surface area contributed by atoms with Gasteiger partial charge in [0.15, 0.2) is 0 Å². The molecule has 0 rings (SSSR count). The van der Waals surface area contributed by atoms with Crippen LogP contribution in [0.25, 0.3) is 0 Å². The molecule has 0 aromatic heterocycles. The maximum atomic E-state index is 12.5. The van der Waals surface area contributed by atoms with E-state index in [4.69, 9.17) is 4.74 Å². The molecule has 0 saturated carbocycles. The van der Waals surface area contributed by atoms with Crippen LogP contribution in [0.3, 0.4) is 0 Å². The summed E-state index contributed by atoms with van der Waals surface area (Å²) in [6.07, 6.45) is 89.4. The van der Waals surface area contributed by atoms with Crippen LogP contribution in [0.2, 0.25) is 0 Å². The van der Waals surface area contributed by atoms with E-state index in [0.29, 0.717) is 19.4 Å². The number of esters is 1. The van der Waals surface area contributed by atoms with Gasteiger partial charge in [0, 0.05) is 12.8 Å². The Kier molecular flexibility index (Phi) is 67.9. The number of aliphatic hydroxyl groups is 2. The normalized spacial score (nSPS) is 12.7. The number of rotatable bonds is 68. The lowest BCUT2D eigenvalue weighted by molar-refractivity contribution is -0.143. The van der Waals surface area contributed by atoms with Crippen molar-refractivity contribution in [2.75, 3.05) is 13.2 Å². The van der Waals surface area contributed by atoms with Gasteiger partial charge in [0.2, 0.25) is 5.91 Å². The zero-order chi connectivity index (χ0) is 57.8. The van der Waals surface area contributed by atoms with Crippen LogP contribution in [-0.4, -0.2) is 47.4 Å². The van der Waals surface area contributed by atoms with Crippen molar-refractivity contribution in [3.05, 3.63) is 36.5 Å². The Morgan fingerprint density at radius 1 is 0.350 bits per heavy atom. The monoisotopic (exact) mass is 1120 g/mol. The summed E-state index contributed by atoms with van der Waals surface area (Å²) in [7, 11) is 0. The molecule has 3 N–H and O–H groups in total. The topological polar surface area (TPSA) is 95.9 Å². The van der Waals surface area contributed by atoms with Crippen LogP contribution in [0.4, 0.5) is 0 Å². The number of amides is 1. The second kappa shape index (κ2) is 69.6. The Balaban J connectivity index is 3.39. The molecule has 0 bridgehead atoms. The van der Waals surface area contributed by atoms with Gasteiger partial charge in [-0.25, -0.2) is 0 Å². The van der Waals surface area contributed by atoms with E-state index in [-0.39, 0.29) is 18.5 Å². The minimum Gasteiger partial charge on any atom is -0.466 e. The third-order valence-electron chi connectivity index (χ3n) is 16.9. The average Bonchev–Trinajstić information content (AvgIpc) is 3.46. The number of hydrogen-bond donors (Lipinski definition) is 3. The predicted molar refractivity (Wildman–Crippen MR) is 352 cm³/mol. The highest BCUT2D eigenvalue weighted by atomic mass is 16.5. The minimum absolute atomic E-state index is 0.00394. The van der Waals surface area contributed by atoms with E-state index >= 15 is 0 Å². The number of carbonyl (C=O) groups excluding carboxylic acids is 2. The van der Waals surface area contributed by atoms with Crippen LogP contribution < -0.4 is 5.32 Å². The van der Waals surface area contributed by atoms with Gasteiger partial charge in [-0.15, -0.1) is 0 Å². The fourth-order valence-corrected chi connectivity index (χ4v) is 11.4. The molecule has 6 heteroatoms. The Morgan fingerprint density at radius 3 is 0.963 bits per heavy atom. The first kappa shape index (κ1) is 78.1. The standard InChI is InChI=1S/C74H141NO5/c1-3-5-7-9-11-13-15-17-19-21-22-29-32-35-38-42-46-50-54-58-62-66-72(77)71(70-76)75-73(78)67-63-59-55-51-47-43-39-36-33-30-27-25-23-24-26-28-31-34-37-41-45-49-53-57-61-65-69-80-74(79)68-64-60-56-52-48-44-40-20-18-16-14-12-10-8-6-4-2/h14,16,20,40,62,66,71-72,76-77H,3-13,15,17-19,21-39,41-61,63-65,67-70H2,1-2H3,(H,75,78)/b16-14-,40-20-,66-62+. The molecule has 2 unspecified atom stereocenters. The van der Waals surface area contributed by atoms with E-state index in [1.165, 1.54) is 321 Å². The third-order valence-corrected chi connectivity index (χ3v) is 16.9. The predicted octanol–water partition coefficient (Wildman–Crippen LogP) is 23.5. The smallest absolute Gasteiger partial charge is 0.305 e. The SMILES string of the molecule is CCCCCC/C=C\C/C=C\CCCCCCCC(=O)OCCCCCCCCCCCCCCCCCCCCCCCCCCCCC(=O)NC(CO)C(O)/C=C/CCCCCCCCCCCCCCCCCCCCC. The van der Waals surface area contributed by atoms with Crippen molar-refractivity contribution in [3.8, 4) is 0 Å². The van der Waals surface area contributed by atoms with Crippen LogP contribution in [0.15, 0.2) is 36.5 Å². The van der Waals surface area contributed by atoms with Gasteiger partial charge in [-0.1, -0.05) is 359 Å². The van der Waals surface area contributed by atoms with Crippen molar-refractivity contribution in [1.82, 2.24) is 5.32 Å². The lowest BCUT2D eigenvalue weighted by Gasteiger charge is -2.20. The van der Waals surface area contributed by atoms with E-state index < -0.39 is 12.1 Å². The average molecular weight is 1120 g/mol. The Labute approximate surface area is 500 Å². The van der Waals surface area contributed by atoms with Gasteiger partial charge >= 0.3 is 5.97 Å². The highest BCUT2D eigenvalue weighted by Gasteiger charge is 2.18. The molecule has 0 aliphatic rings. The van der Waals surface area contributed by atoms with Gasteiger partial charge in [0.25, 0.3) is 0 Å². The van der Waals surface area contributed by atoms with E-state index in [1.807, 2.05) is 6.08 Å². The number of aliphatic hydroxyl groups excluding tert-OH is 2. The molecule has 0 aromatic carbocycles. The zero-order valence-electron chi connectivity index (χ0n) is 54.1. The lowest BCUT2D eigenvalue weighted by Crippen LogP contribution is -2.45. The van der Waals surface area contributed by atoms with Crippen LogP contribution in [0, 0.1) is 0 Å². The van der Waals surface area contributed by atoms with Crippen LogP contribution in [0.5, 0.6) is 0 Å². The van der Waals surface area contributed by atoms with E-state index in [0.717, 1.165) is 51.4 Å². The lowest BCUT2D eigenvalue weighted by atomic mass is 10.0. The zero-order valence-corrected chi connectivity index (χ0v) is 54.1. The van der Waals surface area contributed by atoms with E-state index in [1.54, 1.807) is 6.08 Å². The third kappa shape index (κ3) is 65.2.